The highest BCUT2D eigenvalue weighted by Crippen LogP contribution is 2.40. The SMILES string of the molecule is CCCNc1cc(-c2ccc(Cl)s2)nc(C2CC2)n1. The molecular formula is C14H16ClN3S. The summed E-state index contributed by atoms with van der Waals surface area (Å²) in [5.74, 6) is 2.46. The van der Waals surface area contributed by atoms with Crippen molar-refractivity contribution in [3.63, 3.8) is 0 Å². The quantitative estimate of drug-likeness (QED) is 0.878. The zero-order valence-corrected chi connectivity index (χ0v) is 12.4. The molecule has 0 unspecified atom stereocenters. The molecule has 2 aromatic heterocycles. The van der Waals surface area contributed by atoms with E-state index in [9.17, 15) is 0 Å². The standard InChI is InChI=1S/C14H16ClN3S/c1-2-7-16-13-8-10(11-5-6-12(15)19-11)17-14(18-13)9-3-4-9/h5-6,8-9H,2-4,7H2,1H3,(H,16,17,18). The van der Waals surface area contributed by atoms with E-state index in [1.54, 1.807) is 11.3 Å². The van der Waals surface area contributed by atoms with Gasteiger partial charge >= 0.3 is 0 Å². The predicted molar refractivity (Wildman–Crippen MR) is 81.1 cm³/mol. The summed E-state index contributed by atoms with van der Waals surface area (Å²) in [5, 5.41) is 3.35. The second-order valence-corrected chi connectivity index (χ2v) is 6.52. The van der Waals surface area contributed by atoms with E-state index in [0.29, 0.717) is 5.92 Å². The number of nitrogens with one attached hydrogen (secondary N) is 1. The Morgan fingerprint density at radius 1 is 1.37 bits per heavy atom. The lowest BCUT2D eigenvalue weighted by Crippen LogP contribution is -2.05. The van der Waals surface area contributed by atoms with Crippen LogP contribution in [0.1, 0.15) is 37.9 Å². The third-order valence-corrected chi connectivity index (χ3v) is 4.32. The van der Waals surface area contributed by atoms with E-state index in [-0.39, 0.29) is 0 Å². The molecule has 0 radical (unpaired) electrons. The molecule has 0 spiro atoms. The Hall–Kier alpha value is -1.13. The van der Waals surface area contributed by atoms with Crippen molar-refractivity contribution in [2.24, 2.45) is 0 Å². The fourth-order valence-electron chi connectivity index (χ4n) is 1.91. The van der Waals surface area contributed by atoms with Crippen molar-refractivity contribution in [3.8, 4) is 10.6 Å². The van der Waals surface area contributed by atoms with Crippen LogP contribution in [0.5, 0.6) is 0 Å². The van der Waals surface area contributed by atoms with Crippen LogP contribution in [0.3, 0.4) is 0 Å². The van der Waals surface area contributed by atoms with Crippen LogP contribution in [0.4, 0.5) is 5.82 Å². The minimum absolute atomic E-state index is 0.553. The third-order valence-electron chi connectivity index (χ3n) is 3.07. The van der Waals surface area contributed by atoms with Crippen LogP contribution in [0.25, 0.3) is 10.6 Å². The highest BCUT2D eigenvalue weighted by Gasteiger charge is 2.27. The first-order chi connectivity index (χ1) is 9.26. The summed E-state index contributed by atoms with van der Waals surface area (Å²) in [4.78, 5) is 10.4. The first-order valence-corrected chi connectivity index (χ1v) is 7.84. The summed E-state index contributed by atoms with van der Waals surface area (Å²) < 4.78 is 0.796. The number of nitrogens with zero attached hydrogens (tertiary/aromatic N) is 2. The van der Waals surface area contributed by atoms with Gasteiger partial charge in [0, 0.05) is 18.5 Å². The number of anilines is 1. The van der Waals surface area contributed by atoms with Crippen LogP contribution in [0, 0.1) is 0 Å². The summed E-state index contributed by atoms with van der Waals surface area (Å²) in [5.41, 5.74) is 0.979. The molecule has 3 rings (SSSR count). The molecule has 100 valence electrons. The Bertz CT molecular complexity index is 578. The Morgan fingerprint density at radius 2 is 2.21 bits per heavy atom. The lowest BCUT2D eigenvalue weighted by molar-refractivity contribution is 0.912. The molecule has 19 heavy (non-hydrogen) atoms. The van der Waals surface area contributed by atoms with E-state index in [0.717, 1.165) is 39.5 Å². The Balaban J connectivity index is 1.95. The average Bonchev–Trinajstić information content (AvgIpc) is 3.18. The van der Waals surface area contributed by atoms with E-state index in [1.807, 2.05) is 18.2 Å². The third kappa shape index (κ3) is 3.07. The van der Waals surface area contributed by atoms with Gasteiger partial charge in [0.05, 0.1) is 14.9 Å². The maximum Gasteiger partial charge on any atom is 0.134 e. The van der Waals surface area contributed by atoms with Crippen LogP contribution in [0.15, 0.2) is 18.2 Å². The highest BCUT2D eigenvalue weighted by molar-refractivity contribution is 7.19. The van der Waals surface area contributed by atoms with E-state index in [2.05, 4.69) is 22.2 Å². The minimum Gasteiger partial charge on any atom is -0.370 e. The van der Waals surface area contributed by atoms with Crippen LogP contribution < -0.4 is 5.32 Å². The molecule has 0 saturated heterocycles. The molecule has 0 aliphatic heterocycles. The molecule has 2 heterocycles. The molecular weight excluding hydrogens is 278 g/mol. The maximum atomic E-state index is 6.01. The van der Waals surface area contributed by atoms with Crippen molar-refractivity contribution in [1.82, 2.24) is 9.97 Å². The van der Waals surface area contributed by atoms with Crippen LogP contribution in [0.2, 0.25) is 4.34 Å². The van der Waals surface area contributed by atoms with Gasteiger partial charge in [0.25, 0.3) is 0 Å². The number of hydrogen-bond acceptors (Lipinski definition) is 4. The molecule has 1 aliphatic carbocycles. The molecule has 0 atom stereocenters. The molecule has 0 bridgehead atoms. The van der Waals surface area contributed by atoms with Gasteiger partial charge in [-0.3, -0.25) is 0 Å². The summed E-state index contributed by atoms with van der Waals surface area (Å²) >= 11 is 7.57. The molecule has 1 fully saturated rings. The topological polar surface area (TPSA) is 37.8 Å². The molecule has 5 heteroatoms. The molecule has 3 nitrogen and oxygen atoms in total. The summed E-state index contributed by atoms with van der Waals surface area (Å²) in [6.07, 6.45) is 3.51. The van der Waals surface area contributed by atoms with Gasteiger partial charge in [0.2, 0.25) is 0 Å². The Kier molecular flexibility index (Phi) is 3.71. The lowest BCUT2D eigenvalue weighted by Gasteiger charge is -2.08. The van der Waals surface area contributed by atoms with Crippen molar-refractivity contribution in [3.05, 3.63) is 28.4 Å². The first-order valence-electron chi connectivity index (χ1n) is 6.65. The van der Waals surface area contributed by atoms with Gasteiger partial charge in [-0.25, -0.2) is 9.97 Å². The second kappa shape index (κ2) is 5.47. The molecule has 0 amide bonds. The number of aromatic nitrogens is 2. The second-order valence-electron chi connectivity index (χ2n) is 4.80. The summed E-state index contributed by atoms with van der Waals surface area (Å²) in [6, 6.07) is 5.96. The van der Waals surface area contributed by atoms with Crippen molar-refractivity contribution in [2.75, 3.05) is 11.9 Å². The number of rotatable bonds is 5. The average molecular weight is 294 g/mol. The van der Waals surface area contributed by atoms with E-state index >= 15 is 0 Å². The van der Waals surface area contributed by atoms with E-state index in [1.165, 1.54) is 12.8 Å². The van der Waals surface area contributed by atoms with E-state index < -0.39 is 0 Å². The summed E-state index contributed by atoms with van der Waals surface area (Å²) in [6.45, 7) is 3.09. The predicted octanol–water partition coefficient (Wildman–Crippen LogP) is 4.56. The van der Waals surface area contributed by atoms with Gasteiger partial charge in [-0.1, -0.05) is 18.5 Å². The van der Waals surface area contributed by atoms with Crippen molar-refractivity contribution < 1.29 is 0 Å². The number of hydrogen-bond donors (Lipinski definition) is 1. The molecule has 2 aromatic rings. The van der Waals surface area contributed by atoms with E-state index in [4.69, 9.17) is 11.6 Å². The Labute approximate surface area is 122 Å². The minimum atomic E-state index is 0.553. The molecule has 0 aromatic carbocycles. The Morgan fingerprint density at radius 3 is 2.84 bits per heavy atom. The van der Waals surface area contributed by atoms with Crippen molar-refractivity contribution >= 4 is 28.8 Å². The largest absolute Gasteiger partial charge is 0.370 e. The monoisotopic (exact) mass is 293 g/mol. The summed E-state index contributed by atoms with van der Waals surface area (Å²) in [7, 11) is 0. The zero-order valence-electron chi connectivity index (χ0n) is 10.8. The van der Waals surface area contributed by atoms with Crippen LogP contribution in [-0.4, -0.2) is 16.5 Å². The number of halogens is 1. The normalized spacial score (nSPS) is 14.6. The molecule has 1 N–H and O–H groups in total. The smallest absolute Gasteiger partial charge is 0.134 e. The maximum absolute atomic E-state index is 6.01. The van der Waals surface area contributed by atoms with Gasteiger partial charge in [0.1, 0.15) is 11.6 Å². The molecule has 1 aliphatic rings. The highest BCUT2D eigenvalue weighted by atomic mass is 35.5. The van der Waals surface area contributed by atoms with Gasteiger partial charge < -0.3 is 5.32 Å². The van der Waals surface area contributed by atoms with Gasteiger partial charge in [0.15, 0.2) is 0 Å². The lowest BCUT2D eigenvalue weighted by atomic mass is 10.3. The zero-order chi connectivity index (χ0) is 13.2. The van der Waals surface area contributed by atoms with Gasteiger partial charge in [-0.15, -0.1) is 11.3 Å². The van der Waals surface area contributed by atoms with Crippen molar-refractivity contribution in [1.29, 1.82) is 0 Å². The first kappa shape index (κ1) is 12.9. The van der Waals surface area contributed by atoms with Crippen molar-refractivity contribution in [2.45, 2.75) is 32.1 Å². The molecule has 1 saturated carbocycles. The van der Waals surface area contributed by atoms with Gasteiger partial charge in [-0.05, 0) is 31.4 Å². The van der Waals surface area contributed by atoms with Crippen LogP contribution >= 0.6 is 22.9 Å². The fourth-order valence-corrected chi connectivity index (χ4v) is 2.92. The number of thiophene rings is 1. The van der Waals surface area contributed by atoms with Crippen LogP contribution in [-0.2, 0) is 0 Å². The van der Waals surface area contributed by atoms with Gasteiger partial charge in [-0.2, -0.15) is 0 Å². The fraction of sp³-hybridized carbons (Fsp3) is 0.429.